The van der Waals surface area contributed by atoms with Gasteiger partial charge in [0, 0.05) is 4.47 Å². The fourth-order valence-corrected chi connectivity index (χ4v) is 2.95. The second-order valence-corrected chi connectivity index (χ2v) is 6.15. The number of carbonyl (C=O) groups is 1. The summed E-state index contributed by atoms with van der Waals surface area (Å²) in [5.74, 6) is -1.01. The molecule has 0 fully saturated rings. The summed E-state index contributed by atoms with van der Waals surface area (Å²) in [7, 11) is 0. The summed E-state index contributed by atoms with van der Waals surface area (Å²) < 4.78 is 1.53. The van der Waals surface area contributed by atoms with Gasteiger partial charge in [-0.25, -0.2) is 9.78 Å². The zero-order valence-corrected chi connectivity index (χ0v) is 11.8. The van der Waals surface area contributed by atoms with Gasteiger partial charge in [-0.15, -0.1) is 11.3 Å². The van der Waals surface area contributed by atoms with Crippen LogP contribution in [-0.4, -0.2) is 16.1 Å². The third kappa shape index (κ3) is 2.34. The predicted octanol–water partition coefficient (Wildman–Crippen LogP) is 4.03. The number of hydrogen-bond donors (Lipinski definition) is 1. The van der Waals surface area contributed by atoms with Crippen molar-refractivity contribution in [3.63, 3.8) is 0 Å². The molecule has 1 heterocycles. The van der Waals surface area contributed by atoms with Crippen LogP contribution in [0.4, 0.5) is 0 Å². The van der Waals surface area contributed by atoms with Gasteiger partial charge in [-0.05, 0) is 33.6 Å². The van der Waals surface area contributed by atoms with Crippen LogP contribution < -0.4 is 0 Å². The molecule has 0 atom stereocenters. The molecule has 82 valence electrons. The summed E-state index contributed by atoms with van der Waals surface area (Å²) in [5.41, 5.74) is 0.933. The summed E-state index contributed by atoms with van der Waals surface area (Å²) in [6, 6.07) is 7.45. The second-order valence-electron chi connectivity index (χ2n) is 2.96. The van der Waals surface area contributed by atoms with Crippen molar-refractivity contribution >= 4 is 49.2 Å². The van der Waals surface area contributed by atoms with Crippen molar-refractivity contribution in [3.8, 4) is 10.4 Å². The highest BCUT2D eigenvalue weighted by atomic mass is 79.9. The molecule has 0 radical (unpaired) electrons. The molecule has 6 heteroatoms. The zero-order chi connectivity index (χ0) is 11.7. The number of carboxylic acid groups (broad SMARTS) is 1. The molecule has 0 amide bonds. The van der Waals surface area contributed by atoms with Crippen molar-refractivity contribution in [2.45, 2.75) is 0 Å². The monoisotopic (exact) mass is 361 g/mol. The predicted molar refractivity (Wildman–Crippen MR) is 69.9 cm³/mol. The van der Waals surface area contributed by atoms with Crippen LogP contribution in [0.15, 0.2) is 32.7 Å². The molecule has 2 rings (SSSR count). The van der Waals surface area contributed by atoms with E-state index in [0.717, 1.165) is 10.0 Å². The highest BCUT2D eigenvalue weighted by Gasteiger charge is 2.17. The molecule has 0 spiro atoms. The Kier molecular flexibility index (Phi) is 3.41. The van der Waals surface area contributed by atoms with E-state index in [1.165, 1.54) is 11.3 Å². The Labute approximate surface area is 112 Å². The number of carboxylic acids is 1. The molecule has 3 nitrogen and oxygen atoms in total. The second kappa shape index (κ2) is 4.65. The van der Waals surface area contributed by atoms with Crippen molar-refractivity contribution in [1.29, 1.82) is 0 Å². The maximum atomic E-state index is 11.0. The van der Waals surface area contributed by atoms with Crippen LogP contribution in [0, 0.1) is 0 Å². The molecular weight excluding hydrogens is 358 g/mol. The van der Waals surface area contributed by atoms with Gasteiger partial charge in [0.15, 0.2) is 9.61 Å². The van der Waals surface area contributed by atoms with Crippen molar-refractivity contribution < 1.29 is 9.90 Å². The van der Waals surface area contributed by atoms with E-state index in [-0.39, 0.29) is 5.69 Å². The molecule has 0 aliphatic heterocycles. The van der Waals surface area contributed by atoms with Crippen LogP contribution in [0.1, 0.15) is 10.5 Å². The van der Waals surface area contributed by atoms with Gasteiger partial charge in [0.05, 0.1) is 4.88 Å². The van der Waals surface area contributed by atoms with E-state index in [9.17, 15) is 4.79 Å². The highest BCUT2D eigenvalue weighted by molar-refractivity contribution is 9.11. The standard InChI is InChI=1S/C10H5Br2NO2S/c11-6-3-1-5(2-4-6)8-7(9(14)15)13-10(12)16-8/h1-4H,(H,14,15). The van der Waals surface area contributed by atoms with Gasteiger partial charge >= 0.3 is 5.97 Å². The third-order valence-corrected chi connectivity index (χ3v) is 3.99. The van der Waals surface area contributed by atoms with E-state index in [0.29, 0.717) is 8.79 Å². The van der Waals surface area contributed by atoms with E-state index in [1.807, 2.05) is 24.3 Å². The van der Waals surface area contributed by atoms with Crippen LogP contribution in [0.25, 0.3) is 10.4 Å². The smallest absolute Gasteiger partial charge is 0.356 e. The fraction of sp³-hybridized carbons (Fsp3) is 0. The molecule has 0 unspecified atom stereocenters. The van der Waals surface area contributed by atoms with Crippen molar-refractivity contribution in [1.82, 2.24) is 4.98 Å². The summed E-state index contributed by atoms with van der Waals surface area (Å²) in [5, 5.41) is 9.01. The number of benzene rings is 1. The molecule has 0 aliphatic rings. The number of nitrogens with zero attached hydrogens (tertiary/aromatic N) is 1. The van der Waals surface area contributed by atoms with E-state index in [1.54, 1.807) is 0 Å². The fourth-order valence-electron chi connectivity index (χ4n) is 1.24. The summed E-state index contributed by atoms with van der Waals surface area (Å²) in [6.07, 6.45) is 0. The lowest BCUT2D eigenvalue weighted by Gasteiger charge is -1.98. The number of rotatable bonds is 2. The minimum atomic E-state index is -1.01. The molecule has 0 saturated carbocycles. The SMILES string of the molecule is O=C(O)c1nc(Br)sc1-c1ccc(Br)cc1. The van der Waals surface area contributed by atoms with Crippen LogP contribution in [0.5, 0.6) is 0 Å². The Bertz CT molecular complexity index is 536. The summed E-state index contributed by atoms with van der Waals surface area (Å²) in [6.45, 7) is 0. The van der Waals surface area contributed by atoms with Crippen molar-refractivity contribution in [3.05, 3.63) is 38.3 Å². The molecule has 1 aromatic heterocycles. The van der Waals surface area contributed by atoms with E-state index < -0.39 is 5.97 Å². The van der Waals surface area contributed by atoms with E-state index >= 15 is 0 Å². The van der Waals surface area contributed by atoms with Gasteiger partial charge in [-0.3, -0.25) is 0 Å². The first-order valence-corrected chi connectivity index (χ1v) is 6.64. The molecule has 1 aromatic carbocycles. The Balaban J connectivity index is 2.55. The molecule has 0 aliphatic carbocycles. The Morgan fingerprint density at radius 1 is 1.25 bits per heavy atom. The van der Waals surface area contributed by atoms with E-state index in [4.69, 9.17) is 5.11 Å². The normalized spacial score (nSPS) is 10.4. The van der Waals surface area contributed by atoms with Crippen LogP contribution in [0.2, 0.25) is 0 Å². The van der Waals surface area contributed by atoms with Crippen molar-refractivity contribution in [2.75, 3.05) is 0 Å². The molecule has 1 N–H and O–H groups in total. The van der Waals surface area contributed by atoms with Gasteiger partial charge in [0.2, 0.25) is 0 Å². The zero-order valence-electron chi connectivity index (χ0n) is 7.78. The molecule has 2 aromatic rings. The lowest BCUT2D eigenvalue weighted by atomic mass is 10.1. The number of halogens is 2. The number of thiazole rings is 1. The molecule has 16 heavy (non-hydrogen) atoms. The summed E-state index contributed by atoms with van der Waals surface area (Å²) >= 11 is 7.84. The van der Waals surface area contributed by atoms with Gasteiger partial charge in [0.1, 0.15) is 0 Å². The first kappa shape index (κ1) is 11.8. The molecule has 0 bridgehead atoms. The van der Waals surface area contributed by atoms with Gasteiger partial charge in [-0.2, -0.15) is 0 Å². The van der Waals surface area contributed by atoms with E-state index in [2.05, 4.69) is 36.8 Å². The molecule has 0 saturated heterocycles. The lowest BCUT2D eigenvalue weighted by molar-refractivity contribution is 0.0692. The van der Waals surface area contributed by atoms with Crippen molar-refractivity contribution in [2.24, 2.45) is 0 Å². The van der Waals surface area contributed by atoms with Crippen LogP contribution in [-0.2, 0) is 0 Å². The Hall–Kier alpha value is -0.720. The maximum Gasteiger partial charge on any atom is 0.356 e. The average molecular weight is 363 g/mol. The van der Waals surface area contributed by atoms with Gasteiger partial charge in [-0.1, -0.05) is 28.1 Å². The average Bonchev–Trinajstić information content (AvgIpc) is 2.61. The topological polar surface area (TPSA) is 50.2 Å². The van der Waals surface area contributed by atoms with Crippen LogP contribution >= 0.6 is 43.2 Å². The minimum Gasteiger partial charge on any atom is -0.476 e. The Morgan fingerprint density at radius 3 is 2.44 bits per heavy atom. The highest BCUT2D eigenvalue weighted by Crippen LogP contribution is 2.33. The van der Waals surface area contributed by atoms with Crippen LogP contribution in [0.3, 0.4) is 0 Å². The summed E-state index contributed by atoms with van der Waals surface area (Å²) in [4.78, 5) is 15.6. The Morgan fingerprint density at radius 2 is 1.88 bits per heavy atom. The molecular formula is C10H5Br2NO2S. The minimum absolute atomic E-state index is 0.0826. The number of aromatic carboxylic acids is 1. The van der Waals surface area contributed by atoms with Gasteiger partial charge < -0.3 is 5.11 Å². The lowest BCUT2D eigenvalue weighted by Crippen LogP contribution is -1.98. The number of aromatic nitrogens is 1. The maximum absolute atomic E-state index is 11.0. The third-order valence-electron chi connectivity index (χ3n) is 1.91. The first-order valence-electron chi connectivity index (χ1n) is 4.23. The largest absolute Gasteiger partial charge is 0.476 e. The number of hydrogen-bond acceptors (Lipinski definition) is 3. The van der Waals surface area contributed by atoms with Gasteiger partial charge in [0.25, 0.3) is 0 Å². The quantitative estimate of drug-likeness (QED) is 0.877. The first-order chi connectivity index (χ1) is 7.58.